The molecule has 13 heteroatoms. The highest BCUT2D eigenvalue weighted by Crippen LogP contribution is 2.39. The molecule has 0 radical (unpaired) electrons. The van der Waals surface area contributed by atoms with E-state index in [2.05, 4.69) is 63.7 Å². The van der Waals surface area contributed by atoms with E-state index in [9.17, 15) is 19.2 Å². The van der Waals surface area contributed by atoms with Crippen molar-refractivity contribution in [2.45, 2.75) is 144 Å². The Bertz CT molecular complexity index is 1310. The molecular weight excluding hydrogens is 705 g/mol. The average Bonchev–Trinajstić information content (AvgIpc) is 3.04. The molecule has 0 spiro atoms. The number of unbranched alkanes of at least 4 members (excludes halogenated alkanes) is 1. The van der Waals surface area contributed by atoms with Crippen LogP contribution >= 0.6 is 0 Å². The first kappa shape index (κ1) is 48.9. The van der Waals surface area contributed by atoms with E-state index >= 15 is 0 Å². The number of carbonyl (C=O) groups excluding carboxylic acids is 4. The van der Waals surface area contributed by atoms with Crippen molar-refractivity contribution in [2.24, 2.45) is 29.4 Å². The molecule has 0 saturated heterocycles. The van der Waals surface area contributed by atoms with Gasteiger partial charge in [0, 0.05) is 39.1 Å². The van der Waals surface area contributed by atoms with E-state index in [1.807, 2.05) is 46.8 Å². The van der Waals surface area contributed by atoms with Crippen LogP contribution in [0.5, 0.6) is 5.75 Å². The van der Waals surface area contributed by atoms with Crippen molar-refractivity contribution in [2.75, 3.05) is 33.4 Å². The Morgan fingerprint density at radius 3 is 2.04 bits per heavy atom. The molecule has 0 aliphatic carbocycles. The van der Waals surface area contributed by atoms with Crippen LogP contribution in [0.15, 0.2) is 24.3 Å². The van der Waals surface area contributed by atoms with Crippen LogP contribution in [0, 0.1) is 23.7 Å². The number of benzene rings is 1. The highest BCUT2D eigenvalue weighted by atomic mass is 28.4. The molecule has 0 fully saturated rings. The van der Waals surface area contributed by atoms with Crippen molar-refractivity contribution in [3.05, 3.63) is 29.8 Å². The lowest BCUT2D eigenvalue weighted by molar-refractivity contribution is -0.127. The predicted molar refractivity (Wildman–Crippen MR) is 218 cm³/mol. The van der Waals surface area contributed by atoms with Crippen molar-refractivity contribution in [1.82, 2.24) is 16.0 Å². The maximum Gasteiger partial charge on any atom is 0.407 e. The Hall–Kier alpha value is -3.16. The van der Waals surface area contributed by atoms with E-state index in [0.717, 1.165) is 12.8 Å². The normalized spacial score (nSPS) is 14.6. The minimum atomic E-state index is -2.46. The number of nitrogens with two attached hydrogens (primary N) is 1. The van der Waals surface area contributed by atoms with Crippen LogP contribution in [0.2, 0.25) is 18.1 Å². The number of methoxy groups -OCH3 is 1. The zero-order valence-electron chi connectivity index (χ0n) is 35.7. The molecule has 310 valence electrons. The molecule has 4 amide bonds. The third-order valence-electron chi connectivity index (χ3n) is 10.1. The lowest BCUT2D eigenvalue weighted by atomic mass is 9.82. The van der Waals surface area contributed by atoms with Gasteiger partial charge in [0.15, 0.2) is 8.32 Å². The van der Waals surface area contributed by atoms with E-state index in [1.165, 1.54) is 0 Å². The second-order valence-corrected chi connectivity index (χ2v) is 22.4. The standard InChI is InChI=1S/C41H74N4O8Si/c1-28(2)30(27-44-37(47)31-19-14-15-20-34(31)51-24-17-16-23-50-11)25-33(45-39(49)52-40(5,6)7)35(53-54(12,13)41(8,9)10)26-32(29(3)4)38(48)43-22-18-21-36(42)46/h14-15,19-20,28-30,32-33,35H,16-18,21-27H2,1-13H3,(H2,42,46)(H,43,48)(H,44,47)(H,45,49)/t30-,32+,33+,35+/m1/s1. The Morgan fingerprint density at radius 2 is 1.48 bits per heavy atom. The van der Waals surface area contributed by atoms with E-state index in [-0.39, 0.29) is 41.0 Å². The molecule has 1 aromatic carbocycles. The third kappa shape index (κ3) is 18.4. The van der Waals surface area contributed by atoms with Crippen molar-refractivity contribution >= 4 is 32.1 Å². The summed E-state index contributed by atoms with van der Waals surface area (Å²) in [6, 6.07) is 6.66. The van der Waals surface area contributed by atoms with Crippen LogP contribution in [-0.4, -0.2) is 83.3 Å². The van der Waals surface area contributed by atoms with E-state index in [1.54, 1.807) is 19.2 Å². The fourth-order valence-corrected chi connectivity index (χ4v) is 7.07. The summed E-state index contributed by atoms with van der Waals surface area (Å²) in [5.41, 5.74) is 5.03. The second-order valence-electron chi connectivity index (χ2n) is 17.6. The van der Waals surface area contributed by atoms with Gasteiger partial charge in [0.05, 0.1) is 24.3 Å². The molecule has 0 saturated carbocycles. The fourth-order valence-electron chi connectivity index (χ4n) is 5.70. The van der Waals surface area contributed by atoms with Gasteiger partial charge in [-0.15, -0.1) is 0 Å². The molecule has 0 unspecified atom stereocenters. The Balaban J connectivity index is 3.51. The minimum Gasteiger partial charge on any atom is -0.493 e. The van der Waals surface area contributed by atoms with E-state index < -0.39 is 44.0 Å². The van der Waals surface area contributed by atoms with Gasteiger partial charge in [-0.3, -0.25) is 14.4 Å². The number of carbonyl (C=O) groups is 4. The number of primary amides is 1. The van der Waals surface area contributed by atoms with Gasteiger partial charge >= 0.3 is 6.09 Å². The SMILES string of the molecule is COCCCCOc1ccccc1C(=O)NC[C@@H](C[C@H](NC(=O)OC(C)(C)C)[C@H](C[C@H](C(=O)NCCCC(N)=O)C(C)C)O[Si](C)(C)C(C)(C)C)C(C)C. The van der Waals surface area contributed by atoms with Gasteiger partial charge in [0.25, 0.3) is 5.91 Å². The first-order chi connectivity index (χ1) is 25.0. The van der Waals surface area contributed by atoms with Gasteiger partial charge in [-0.2, -0.15) is 0 Å². The minimum absolute atomic E-state index is 0.0451. The summed E-state index contributed by atoms with van der Waals surface area (Å²) in [7, 11) is -0.790. The molecular formula is C41H74N4O8Si. The Labute approximate surface area is 327 Å². The number of alkyl carbamates (subject to hydrolysis) is 1. The molecule has 0 aliphatic heterocycles. The van der Waals surface area contributed by atoms with Crippen LogP contribution in [0.4, 0.5) is 4.79 Å². The largest absolute Gasteiger partial charge is 0.493 e. The number of nitrogens with one attached hydrogen (secondary N) is 3. The number of para-hydroxylation sites is 1. The molecule has 0 bridgehead atoms. The second kappa shape index (κ2) is 23.0. The van der Waals surface area contributed by atoms with Crippen LogP contribution in [0.3, 0.4) is 0 Å². The van der Waals surface area contributed by atoms with Crippen molar-refractivity contribution < 1.29 is 37.8 Å². The molecule has 0 heterocycles. The van der Waals surface area contributed by atoms with E-state index in [0.29, 0.717) is 56.9 Å². The van der Waals surface area contributed by atoms with Gasteiger partial charge in [-0.05, 0) is 101 Å². The maximum atomic E-state index is 13.7. The lowest BCUT2D eigenvalue weighted by Gasteiger charge is -2.43. The summed E-state index contributed by atoms with van der Waals surface area (Å²) >= 11 is 0. The third-order valence-corrected chi connectivity index (χ3v) is 14.6. The van der Waals surface area contributed by atoms with Crippen LogP contribution in [0.25, 0.3) is 0 Å². The van der Waals surface area contributed by atoms with Crippen molar-refractivity contribution in [1.29, 1.82) is 0 Å². The predicted octanol–water partition coefficient (Wildman–Crippen LogP) is 7.21. The highest BCUT2D eigenvalue weighted by molar-refractivity contribution is 6.74. The number of hydrogen-bond acceptors (Lipinski definition) is 8. The monoisotopic (exact) mass is 779 g/mol. The molecule has 54 heavy (non-hydrogen) atoms. The van der Waals surface area contributed by atoms with E-state index in [4.69, 9.17) is 24.4 Å². The number of ether oxygens (including phenoxy) is 3. The maximum absolute atomic E-state index is 13.7. The molecule has 1 rings (SSSR count). The van der Waals surface area contributed by atoms with Crippen LogP contribution in [0.1, 0.15) is 118 Å². The van der Waals surface area contributed by atoms with Crippen LogP contribution < -0.4 is 26.4 Å². The van der Waals surface area contributed by atoms with Crippen molar-refractivity contribution in [3.63, 3.8) is 0 Å². The number of amides is 4. The fraction of sp³-hybridized carbons (Fsp3) is 0.756. The summed E-state index contributed by atoms with van der Waals surface area (Å²) in [6.45, 7) is 26.2. The molecule has 4 atom stereocenters. The molecule has 12 nitrogen and oxygen atoms in total. The zero-order valence-corrected chi connectivity index (χ0v) is 36.7. The summed E-state index contributed by atoms with van der Waals surface area (Å²) in [5.74, 6) is -0.728. The average molecular weight is 779 g/mol. The number of hydrogen-bond donors (Lipinski definition) is 4. The highest BCUT2D eigenvalue weighted by Gasteiger charge is 2.43. The van der Waals surface area contributed by atoms with Gasteiger partial charge < -0.3 is 40.3 Å². The molecule has 5 N–H and O–H groups in total. The first-order valence-electron chi connectivity index (χ1n) is 19.7. The summed E-state index contributed by atoms with van der Waals surface area (Å²) in [5, 5.41) is 9.14. The molecule has 1 aromatic rings. The molecule has 0 aromatic heterocycles. The van der Waals surface area contributed by atoms with Gasteiger partial charge in [-0.25, -0.2) is 4.79 Å². The summed E-state index contributed by atoms with van der Waals surface area (Å²) in [6.07, 6.45) is 1.98. The first-order valence-corrected chi connectivity index (χ1v) is 22.6. The number of rotatable bonds is 24. The van der Waals surface area contributed by atoms with Gasteiger partial charge in [0.2, 0.25) is 11.8 Å². The Kier molecular flexibility index (Phi) is 20.8. The smallest absolute Gasteiger partial charge is 0.407 e. The van der Waals surface area contributed by atoms with Gasteiger partial charge in [0.1, 0.15) is 11.4 Å². The summed E-state index contributed by atoms with van der Waals surface area (Å²) in [4.78, 5) is 52.1. The quantitative estimate of drug-likeness (QED) is 0.0631. The topological polar surface area (TPSA) is 167 Å². The Morgan fingerprint density at radius 1 is 0.852 bits per heavy atom. The molecule has 0 aliphatic rings. The summed E-state index contributed by atoms with van der Waals surface area (Å²) < 4.78 is 24.0. The van der Waals surface area contributed by atoms with Crippen molar-refractivity contribution in [3.8, 4) is 5.75 Å². The zero-order chi connectivity index (χ0) is 41.3. The van der Waals surface area contributed by atoms with Crippen LogP contribution in [-0.2, 0) is 23.5 Å². The van der Waals surface area contributed by atoms with Gasteiger partial charge in [-0.1, -0.05) is 60.6 Å². The lowest BCUT2D eigenvalue weighted by Crippen LogP contribution is -2.55.